The Labute approximate surface area is 189 Å². The molecule has 4 rings (SSSR count). The van der Waals surface area contributed by atoms with Crippen LogP contribution in [-0.2, 0) is 10.1 Å². The van der Waals surface area contributed by atoms with Gasteiger partial charge in [-0.25, -0.2) is 0 Å². The van der Waals surface area contributed by atoms with Crippen LogP contribution in [0.4, 0.5) is 0 Å². The van der Waals surface area contributed by atoms with Gasteiger partial charge in [-0.3, -0.25) is 4.79 Å². The molecule has 1 heterocycles. The van der Waals surface area contributed by atoms with Crippen LogP contribution in [0.5, 0.6) is 23.0 Å². The predicted octanol–water partition coefficient (Wildman–Crippen LogP) is 4.74. The van der Waals surface area contributed by atoms with Crippen LogP contribution in [0.15, 0.2) is 71.3 Å². The lowest BCUT2D eigenvalue weighted by Crippen LogP contribution is -2.09. The third-order valence-electron chi connectivity index (χ3n) is 4.67. The average molecular weight is 473 g/mol. The molecule has 9 heteroatoms. The van der Waals surface area contributed by atoms with Crippen molar-refractivity contribution in [2.24, 2.45) is 0 Å². The third kappa shape index (κ3) is 4.15. The number of ketones is 1. The Balaban J connectivity index is 1.62. The summed E-state index contributed by atoms with van der Waals surface area (Å²) in [6.45, 7) is 0. The minimum atomic E-state index is -4.08. The van der Waals surface area contributed by atoms with E-state index in [1.54, 1.807) is 18.2 Å². The summed E-state index contributed by atoms with van der Waals surface area (Å²) >= 11 is 5.80. The minimum Gasteiger partial charge on any atom is -0.493 e. The van der Waals surface area contributed by atoms with Crippen molar-refractivity contribution in [3.63, 3.8) is 0 Å². The van der Waals surface area contributed by atoms with Gasteiger partial charge in [0.25, 0.3) is 0 Å². The topological polar surface area (TPSA) is 88.1 Å². The molecule has 0 N–H and O–H groups in total. The quantitative estimate of drug-likeness (QED) is 0.378. The molecule has 0 atom stereocenters. The molecule has 0 bridgehead atoms. The summed E-state index contributed by atoms with van der Waals surface area (Å²) in [5, 5.41) is 0.403. The van der Waals surface area contributed by atoms with Crippen LogP contribution in [0, 0.1) is 0 Å². The first-order chi connectivity index (χ1) is 15.3. The van der Waals surface area contributed by atoms with Crippen molar-refractivity contribution in [2.75, 3.05) is 14.2 Å². The number of methoxy groups -OCH3 is 2. The van der Waals surface area contributed by atoms with E-state index < -0.39 is 10.1 Å². The Kier molecular flexibility index (Phi) is 5.82. The van der Waals surface area contributed by atoms with Crippen molar-refractivity contribution in [3.8, 4) is 23.0 Å². The van der Waals surface area contributed by atoms with Gasteiger partial charge in [0.1, 0.15) is 16.4 Å². The molecule has 0 saturated carbocycles. The van der Waals surface area contributed by atoms with Crippen LogP contribution in [-0.4, -0.2) is 28.4 Å². The average Bonchev–Trinajstić information content (AvgIpc) is 3.08. The zero-order valence-electron chi connectivity index (χ0n) is 17.0. The number of benzene rings is 3. The minimum absolute atomic E-state index is 0.00621. The maximum absolute atomic E-state index is 12.8. The van der Waals surface area contributed by atoms with Crippen molar-refractivity contribution >= 4 is 33.6 Å². The predicted molar refractivity (Wildman–Crippen MR) is 118 cm³/mol. The molecular formula is C23H17ClO7S. The number of Topliss-reactive ketones (excluding diaryl/α,β-unsaturated/α-hetero) is 1. The zero-order valence-corrected chi connectivity index (χ0v) is 18.6. The SMILES string of the molecule is COc1cccc(C=C2Oc3cc(OS(=O)(=O)c4ccc(Cl)cc4)ccc3C2=O)c1OC. The van der Waals surface area contributed by atoms with Gasteiger partial charge < -0.3 is 18.4 Å². The van der Waals surface area contributed by atoms with E-state index in [-0.39, 0.29) is 33.5 Å². The number of carbonyl (C=O) groups is 1. The molecule has 0 fully saturated rings. The van der Waals surface area contributed by atoms with E-state index in [4.69, 9.17) is 30.0 Å². The first-order valence-corrected chi connectivity index (χ1v) is 11.1. The molecule has 164 valence electrons. The Bertz CT molecular complexity index is 1330. The number of ether oxygens (including phenoxy) is 3. The molecule has 0 aliphatic carbocycles. The van der Waals surface area contributed by atoms with Gasteiger partial charge >= 0.3 is 10.1 Å². The third-order valence-corrected chi connectivity index (χ3v) is 6.18. The highest BCUT2D eigenvalue weighted by Crippen LogP contribution is 2.38. The van der Waals surface area contributed by atoms with Gasteiger partial charge in [-0.2, -0.15) is 8.42 Å². The highest BCUT2D eigenvalue weighted by atomic mass is 35.5. The number of carbonyl (C=O) groups excluding carboxylic acids is 1. The first kappa shape index (κ1) is 21.7. The van der Waals surface area contributed by atoms with E-state index in [0.29, 0.717) is 22.1 Å². The van der Waals surface area contributed by atoms with Crippen LogP contribution < -0.4 is 18.4 Å². The van der Waals surface area contributed by atoms with E-state index in [9.17, 15) is 13.2 Å². The highest BCUT2D eigenvalue weighted by molar-refractivity contribution is 7.87. The standard InChI is InChI=1S/C23H17ClO7S/c1-28-19-5-3-4-14(23(19)29-2)12-21-22(25)18-11-8-16(13-20(18)30-21)31-32(26,27)17-9-6-15(24)7-10-17/h3-13H,1-2H3. The van der Waals surface area contributed by atoms with Crippen molar-refractivity contribution in [2.45, 2.75) is 4.90 Å². The molecule has 0 amide bonds. The number of hydrogen-bond acceptors (Lipinski definition) is 7. The zero-order chi connectivity index (χ0) is 22.9. The van der Waals surface area contributed by atoms with Gasteiger partial charge in [-0.05, 0) is 48.5 Å². The molecule has 0 radical (unpaired) electrons. The fourth-order valence-corrected chi connectivity index (χ4v) is 4.21. The Hall–Kier alpha value is -3.49. The molecule has 0 unspecified atom stereocenters. The summed E-state index contributed by atoms with van der Waals surface area (Å²) < 4.78 is 46.5. The van der Waals surface area contributed by atoms with E-state index in [1.807, 2.05) is 0 Å². The summed E-state index contributed by atoms with van der Waals surface area (Å²) in [6, 6.07) is 15.0. The normalized spacial score (nSPS) is 14.1. The second-order valence-corrected chi connectivity index (χ2v) is 8.65. The molecule has 3 aromatic carbocycles. The van der Waals surface area contributed by atoms with E-state index in [2.05, 4.69) is 0 Å². The van der Waals surface area contributed by atoms with E-state index in [0.717, 1.165) is 0 Å². The van der Waals surface area contributed by atoms with Gasteiger partial charge in [-0.1, -0.05) is 23.7 Å². The van der Waals surface area contributed by atoms with Crippen LogP contribution in [0.25, 0.3) is 6.08 Å². The monoisotopic (exact) mass is 472 g/mol. The second kappa shape index (κ2) is 8.57. The maximum atomic E-state index is 12.8. The summed E-state index contributed by atoms with van der Waals surface area (Å²) in [7, 11) is -1.07. The molecule has 0 aromatic heterocycles. The number of rotatable bonds is 6. The summed E-state index contributed by atoms with van der Waals surface area (Å²) in [5.74, 6) is 0.862. The Morgan fingerprint density at radius 2 is 1.72 bits per heavy atom. The van der Waals surface area contributed by atoms with E-state index in [1.165, 1.54) is 62.8 Å². The van der Waals surface area contributed by atoms with Crippen LogP contribution >= 0.6 is 11.6 Å². The van der Waals surface area contributed by atoms with Gasteiger partial charge in [0.2, 0.25) is 5.78 Å². The van der Waals surface area contributed by atoms with Gasteiger partial charge in [0.05, 0.1) is 19.8 Å². The van der Waals surface area contributed by atoms with Gasteiger partial charge in [-0.15, -0.1) is 0 Å². The maximum Gasteiger partial charge on any atom is 0.339 e. The summed E-state index contributed by atoms with van der Waals surface area (Å²) in [6.07, 6.45) is 1.54. The summed E-state index contributed by atoms with van der Waals surface area (Å²) in [4.78, 5) is 12.7. The molecular weight excluding hydrogens is 456 g/mol. The second-order valence-electron chi connectivity index (χ2n) is 6.67. The van der Waals surface area contributed by atoms with Crippen molar-refractivity contribution < 1.29 is 31.6 Å². The lowest BCUT2D eigenvalue weighted by molar-refractivity contribution is 0.101. The number of halogens is 1. The first-order valence-electron chi connectivity index (χ1n) is 9.32. The van der Waals surface area contributed by atoms with Crippen LogP contribution in [0.3, 0.4) is 0 Å². The van der Waals surface area contributed by atoms with Gasteiger partial charge in [0.15, 0.2) is 17.3 Å². The highest BCUT2D eigenvalue weighted by Gasteiger charge is 2.29. The summed E-state index contributed by atoms with van der Waals surface area (Å²) in [5.41, 5.74) is 0.874. The molecule has 7 nitrogen and oxygen atoms in total. The fourth-order valence-electron chi connectivity index (χ4n) is 3.16. The number of hydrogen-bond donors (Lipinski definition) is 0. The molecule has 1 aliphatic rings. The van der Waals surface area contributed by atoms with E-state index >= 15 is 0 Å². The number of allylic oxidation sites excluding steroid dienone is 1. The molecule has 32 heavy (non-hydrogen) atoms. The molecule has 3 aromatic rings. The van der Waals surface area contributed by atoms with Crippen LogP contribution in [0.1, 0.15) is 15.9 Å². The smallest absolute Gasteiger partial charge is 0.339 e. The Morgan fingerprint density at radius 1 is 0.969 bits per heavy atom. The van der Waals surface area contributed by atoms with Crippen molar-refractivity contribution in [1.29, 1.82) is 0 Å². The largest absolute Gasteiger partial charge is 0.493 e. The lowest BCUT2D eigenvalue weighted by atomic mass is 10.1. The number of fused-ring (bicyclic) bond motifs is 1. The van der Waals surface area contributed by atoms with Crippen molar-refractivity contribution in [1.82, 2.24) is 0 Å². The molecule has 1 aliphatic heterocycles. The van der Waals surface area contributed by atoms with Gasteiger partial charge in [0, 0.05) is 16.7 Å². The molecule has 0 saturated heterocycles. The molecule has 0 spiro atoms. The van der Waals surface area contributed by atoms with Crippen LogP contribution in [0.2, 0.25) is 5.02 Å². The number of para-hydroxylation sites is 1. The lowest BCUT2D eigenvalue weighted by Gasteiger charge is -2.10. The van der Waals surface area contributed by atoms with Crippen molar-refractivity contribution in [3.05, 3.63) is 82.6 Å². The fraction of sp³-hybridized carbons (Fsp3) is 0.0870. The Morgan fingerprint density at radius 3 is 2.41 bits per heavy atom.